The molecule has 1 saturated heterocycles. The van der Waals surface area contributed by atoms with E-state index in [-0.39, 0.29) is 17.4 Å². The molecule has 1 fully saturated rings. The SMILES string of the molecule is O=C(Nc1cc(Br)c[nH]c1=O)C1CCNCC1. The van der Waals surface area contributed by atoms with Crippen LogP contribution in [0.4, 0.5) is 5.69 Å². The zero-order chi connectivity index (χ0) is 12.3. The summed E-state index contributed by atoms with van der Waals surface area (Å²) in [6, 6.07) is 1.61. The molecule has 0 radical (unpaired) electrons. The van der Waals surface area contributed by atoms with E-state index in [2.05, 4.69) is 31.5 Å². The second-order valence-corrected chi connectivity index (χ2v) is 4.99. The summed E-state index contributed by atoms with van der Waals surface area (Å²) in [5.41, 5.74) is 0.0124. The first-order valence-electron chi connectivity index (χ1n) is 5.56. The van der Waals surface area contributed by atoms with Crippen LogP contribution in [0.5, 0.6) is 0 Å². The number of aromatic amines is 1. The van der Waals surface area contributed by atoms with E-state index in [0.29, 0.717) is 5.69 Å². The van der Waals surface area contributed by atoms with Gasteiger partial charge in [0.05, 0.1) is 0 Å². The van der Waals surface area contributed by atoms with Crippen molar-refractivity contribution in [2.45, 2.75) is 12.8 Å². The van der Waals surface area contributed by atoms with Crippen LogP contribution in [0.25, 0.3) is 0 Å². The van der Waals surface area contributed by atoms with Gasteiger partial charge >= 0.3 is 0 Å². The molecule has 5 nitrogen and oxygen atoms in total. The lowest BCUT2D eigenvalue weighted by atomic mass is 9.97. The fourth-order valence-electron chi connectivity index (χ4n) is 1.87. The number of nitrogens with one attached hydrogen (secondary N) is 3. The smallest absolute Gasteiger partial charge is 0.271 e. The van der Waals surface area contributed by atoms with Crippen molar-refractivity contribution in [2.24, 2.45) is 5.92 Å². The summed E-state index contributed by atoms with van der Waals surface area (Å²) in [6.45, 7) is 1.71. The highest BCUT2D eigenvalue weighted by Gasteiger charge is 2.21. The summed E-state index contributed by atoms with van der Waals surface area (Å²) in [5.74, 6) is -0.0790. The van der Waals surface area contributed by atoms with Crippen LogP contribution in [-0.2, 0) is 4.79 Å². The minimum atomic E-state index is -0.282. The van der Waals surface area contributed by atoms with Crippen LogP contribution < -0.4 is 16.2 Å². The second kappa shape index (κ2) is 5.46. The maximum atomic E-state index is 11.9. The molecule has 1 aromatic rings. The zero-order valence-corrected chi connectivity index (χ0v) is 10.8. The molecule has 1 aliphatic rings. The number of carbonyl (C=O) groups is 1. The van der Waals surface area contributed by atoms with Crippen molar-refractivity contribution >= 4 is 27.5 Å². The average Bonchev–Trinajstić information content (AvgIpc) is 2.35. The standard InChI is InChI=1S/C11H14BrN3O2/c12-8-5-9(11(17)14-6-8)15-10(16)7-1-3-13-4-2-7/h5-7,13H,1-4H2,(H,14,17)(H,15,16). The number of amides is 1. The van der Waals surface area contributed by atoms with Crippen LogP contribution in [0.2, 0.25) is 0 Å². The van der Waals surface area contributed by atoms with Crippen LogP contribution in [0, 0.1) is 5.92 Å². The molecular weight excluding hydrogens is 286 g/mol. The van der Waals surface area contributed by atoms with E-state index in [1.807, 2.05) is 0 Å². The molecule has 92 valence electrons. The number of H-pyrrole nitrogens is 1. The molecule has 0 atom stereocenters. The minimum absolute atomic E-state index is 0.00497. The summed E-state index contributed by atoms with van der Waals surface area (Å²) < 4.78 is 0.734. The molecular formula is C11H14BrN3O2. The van der Waals surface area contributed by atoms with Gasteiger partial charge in [-0.3, -0.25) is 9.59 Å². The van der Waals surface area contributed by atoms with Crippen molar-refractivity contribution in [1.29, 1.82) is 0 Å². The normalized spacial score (nSPS) is 16.8. The Balaban J connectivity index is 2.07. The van der Waals surface area contributed by atoms with Gasteiger partial charge in [-0.05, 0) is 47.9 Å². The third-order valence-electron chi connectivity index (χ3n) is 2.84. The first-order chi connectivity index (χ1) is 8.16. The third-order valence-corrected chi connectivity index (χ3v) is 3.29. The molecule has 1 aromatic heterocycles. The Morgan fingerprint density at radius 1 is 1.41 bits per heavy atom. The topological polar surface area (TPSA) is 74.0 Å². The van der Waals surface area contributed by atoms with Crippen LogP contribution in [0.15, 0.2) is 21.5 Å². The van der Waals surface area contributed by atoms with Crippen molar-refractivity contribution in [3.8, 4) is 0 Å². The Morgan fingerprint density at radius 2 is 2.12 bits per heavy atom. The molecule has 0 aliphatic carbocycles. The lowest BCUT2D eigenvalue weighted by Crippen LogP contribution is -2.35. The molecule has 2 rings (SSSR count). The van der Waals surface area contributed by atoms with E-state index in [1.165, 1.54) is 0 Å². The van der Waals surface area contributed by atoms with E-state index in [0.717, 1.165) is 30.4 Å². The Bertz CT molecular complexity index is 466. The fraction of sp³-hybridized carbons (Fsp3) is 0.455. The van der Waals surface area contributed by atoms with Crippen molar-refractivity contribution in [2.75, 3.05) is 18.4 Å². The Hall–Kier alpha value is -1.14. The summed E-state index contributed by atoms with van der Waals surface area (Å²) in [7, 11) is 0. The maximum absolute atomic E-state index is 11.9. The minimum Gasteiger partial charge on any atom is -0.326 e. The highest BCUT2D eigenvalue weighted by Crippen LogP contribution is 2.15. The van der Waals surface area contributed by atoms with Gasteiger partial charge in [-0.2, -0.15) is 0 Å². The molecule has 0 saturated carbocycles. The summed E-state index contributed by atoms with van der Waals surface area (Å²) in [4.78, 5) is 26.0. The fourth-order valence-corrected chi connectivity index (χ4v) is 2.21. The van der Waals surface area contributed by atoms with Crippen LogP contribution in [-0.4, -0.2) is 24.0 Å². The van der Waals surface area contributed by atoms with Gasteiger partial charge in [0.2, 0.25) is 5.91 Å². The molecule has 2 heterocycles. The van der Waals surface area contributed by atoms with Crippen molar-refractivity contribution < 1.29 is 4.79 Å². The first kappa shape index (κ1) is 12.3. The van der Waals surface area contributed by atoms with E-state index in [1.54, 1.807) is 12.3 Å². The van der Waals surface area contributed by atoms with Crippen molar-refractivity contribution in [3.05, 3.63) is 27.1 Å². The van der Waals surface area contributed by atoms with Crippen molar-refractivity contribution in [1.82, 2.24) is 10.3 Å². The molecule has 1 amide bonds. The molecule has 0 bridgehead atoms. The van der Waals surface area contributed by atoms with Gasteiger partial charge < -0.3 is 15.6 Å². The van der Waals surface area contributed by atoms with Gasteiger partial charge in [-0.15, -0.1) is 0 Å². The Labute approximate surface area is 107 Å². The molecule has 3 N–H and O–H groups in total. The van der Waals surface area contributed by atoms with Gasteiger partial charge in [0.1, 0.15) is 5.69 Å². The lowest BCUT2D eigenvalue weighted by molar-refractivity contribution is -0.120. The lowest BCUT2D eigenvalue weighted by Gasteiger charge is -2.21. The number of hydrogen-bond acceptors (Lipinski definition) is 3. The number of halogens is 1. The van der Waals surface area contributed by atoms with E-state index in [9.17, 15) is 9.59 Å². The number of pyridine rings is 1. The number of hydrogen-bond donors (Lipinski definition) is 3. The predicted octanol–water partition coefficient (Wildman–Crippen LogP) is 1.08. The molecule has 0 aromatic carbocycles. The highest BCUT2D eigenvalue weighted by atomic mass is 79.9. The number of anilines is 1. The van der Waals surface area contributed by atoms with Gasteiger partial charge in [0.15, 0.2) is 0 Å². The van der Waals surface area contributed by atoms with Gasteiger partial charge in [0.25, 0.3) is 5.56 Å². The number of carbonyl (C=O) groups excluding carboxylic acids is 1. The van der Waals surface area contributed by atoms with Crippen molar-refractivity contribution in [3.63, 3.8) is 0 Å². The highest BCUT2D eigenvalue weighted by molar-refractivity contribution is 9.10. The number of piperidine rings is 1. The van der Waals surface area contributed by atoms with E-state index >= 15 is 0 Å². The van der Waals surface area contributed by atoms with Gasteiger partial charge in [-0.1, -0.05) is 0 Å². The maximum Gasteiger partial charge on any atom is 0.271 e. The third kappa shape index (κ3) is 3.17. The summed E-state index contributed by atoms with van der Waals surface area (Å²) >= 11 is 3.25. The molecule has 0 unspecified atom stereocenters. The summed E-state index contributed by atoms with van der Waals surface area (Å²) in [6.07, 6.45) is 3.18. The second-order valence-electron chi connectivity index (χ2n) is 4.07. The number of rotatable bonds is 2. The molecule has 17 heavy (non-hydrogen) atoms. The quantitative estimate of drug-likeness (QED) is 0.765. The molecule has 0 spiro atoms. The zero-order valence-electron chi connectivity index (χ0n) is 9.25. The average molecular weight is 300 g/mol. The van der Waals surface area contributed by atoms with Crippen LogP contribution >= 0.6 is 15.9 Å². The molecule has 1 aliphatic heterocycles. The van der Waals surface area contributed by atoms with Crippen LogP contribution in [0.1, 0.15) is 12.8 Å². The predicted molar refractivity (Wildman–Crippen MR) is 69.0 cm³/mol. The largest absolute Gasteiger partial charge is 0.326 e. The Morgan fingerprint density at radius 3 is 2.82 bits per heavy atom. The van der Waals surface area contributed by atoms with E-state index < -0.39 is 0 Å². The first-order valence-corrected chi connectivity index (χ1v) is 6.36. The summed E-state index contributed by atoms with van der Waals surface area (Å²) in [5, 5.41) is 5.88. The molecule has 6 heteroatoms. The van der Waals surface area contributed by atoms with Crippen LogP contribution in [0.3, 0.4) is 0 Å². The monoisotopic (exact) mass is 299 g/mol. The van der Waals surface area contributed by atoms with E-state index in [4.69, 9.17) is 0 Å². The van der Waals surface area contributed by atoms with Gasteiger partial charge in [0, 0.05) is 16.6 Å². The Kier molecular flexibility index (Phi) is 3.96. The van der Waals surface area contributed by atoms with Gasteiger partial charge in [-0.25, -0.2) is 0 Å². The number of aromatic nitrogens is 1.